The summed E-state index contributed by atoms with van der Waals surface area (Å²) in [5.74, 6) is 0. The highest BCUT2D eigenvalue weighted by molar-refractivity contribution is 5.81. The Bertz CT molecular complexity index is 1040. The van der Waals surface area contributed by atoms with E-state index < -0.39 is 0 Å². The molecular weight excluding hydrogens is 380 g/mol. The Hall–Kier alpha value is -3.20. The monoisotopic (exact) mass is 406 g/mol. The molecule has 0 spiro atoms. The Morgan fingerprint density at radius 3 is 1.29 bits per heavy atom. The van der Waals surface area contributed by atoms with Crippen LogP contribution < -0.4 is 0 Å². The van der Waals surface area contributed by atoms with Crippen molar-refractivity contribution in [3.05, 3.63) is 131 Å². The van der Waals surface area contributed by atoms with E-state index in [0.29, 0.717) is 26.4 Å². The average molecular weight is 407 g/mol. The SMILES string of the molecule is c1ccc(COCC2(COCc3ccccc3)c3ccccc3-c3ccccc32)cc1. The lowest BCUT2D eigenvalue weighted by molar-refractivity contribution is 0.0242. The molecule has 0 heterocycles. The van der Waals surface area contributed by atoms with Crippen molar-refractivity contribution in [3.8, 4) is 11.1 Å². The third kappa shape index (κ3) is 3.93. The smallest absolute Gasteiger partial charge is 0.0717 e. The van der Waals surface area contributed by atoms with Gasteiger partial charge < -0.3 is 9.47 Å². The fourth-order valence-electron chi connectivity index (χ4n) is 4.60. The summed E-state index contributed by atoms with van der Waals surface area (Å²) in [5, 5.41) is 0. The topological polar surface area (TPSA) is 18.5 Å². The summed E-state index contributed by atoms with van der Waals surface area (Å²) in [5.41, 5.74) is 7.19. The van der Waals surface area contributed by atoms with Crippen LogP contribution in [-0.4, -0.2) is 13.2 Å². The van der Waals surface area contributed by atoms with Gasteiger partial charge in [0, 0.05) is 0 Å². The third-order valence-electron chi connectivity index (χ3n) is 6.10. The van der Waals surface area contributed by atoms with Crippen LogP contribution in [0.5, 0.6) is 0 Å². The van der Waals surface area contributed by atoms with E-state index in [1.807, 2.05) is 12.1 Å². The van der Waals surface area contributed by atoms with Crippen molar-refractivity contribution >= 4 is 0 Å². The fraction of sp³-hybridized carbons (Fsp3) is 0.172. The number of ether oxygens (including phenoxy) is 2. The van der Waals surface area contributed by atoms with Crippen LogP contribution in [0.1, 0.15) is 22.3 Å². The zero-order valence-corrected chi connectivity index (χ0v) is 17.5. The highest BCUT2D eigenvalue weighted by atomic mass is 16.5. The van der Waals surface area contributed by atoms with Gasteiger partial charge in [-0.05, 0) is 33.4 Å². The Balaban J connectivity index is 1.45. The van der Waals surface area contributed by atoms with Crippen LogP contribution in [0.15, 0.2) is 109 Å². The van der Waals surface area contributed by atoms with E-state index in [1.54, 1.807) is 0 Å². The quantitative estimate of drug-likeness (QED) is 0.338. The predicted octanol–water partition coefficient (Wildman–Crippen LogP) is 6.39. The highest BCUT2D eigenvalue weighted by Crippen LogP contribution is 2.49. The van der Waals surface area contributed by atoms with Crippen LogP contribution >= 0.6 is 0 Å². The minimum Gasteiger partial charge on any atom is -0.375 e. The molecule has 0 saturated heterocycles. The van der Waals surface area contributed by atoms with Crippen molar-refractivity contribution in [3.63, 3.8) is 0 Å². The Kier molecular flexibility index (Phi) is 5.66. The van der Waals surface area contributed by atoms with Crippen molar-refractivity contribution in [2.75, 3.05) is 13.2 Å². The molecule has 2 heteroatoms. The zero-order chi connectivity index (χ0) is 20.9. The molecule has 0 radical (unpaired) electrons. The molecule has 0 fully saturated rings. The van der Waals surface area contributed by atoms with E-state index in [1.165, 1.54) is 33.4 Å². The average Bonchev–Trinajstić information content (AvgIpc) is 3.11. The number of fused-ring (bicyclic) bond motifs is 3. The van der Waals surface area contributed by atoms with E-state index >= 15 is 0 Å². The van der Waals surface area contributed by atoms with Gasteiger partial charge in [-0.25, -0.2) is 0 Å². The lowest BCUT2D eigenvalue weighted by Gasteiger charge is -2.32. The van der Waals surface area contributed by atoms with Gasteiger partial charge in [0.1, 0.15) is 0 Å². The van der Waals surface area contributed by atoms with Gasteiger partial charge in [-0.1, -0.05) is 109 Å². The summed E-state index contributed by atoms with van der Waals surface area (Å²) < 4.78 is 12.7. The van der Waals surface area contributed by atoms with E-state index in [-0.39, 0.29) is 5.41 Å². The second kappa shape index (κ2) is 8.89. The summed E-state index contributed by atoms with van der Waals surface area (Å²) in [6.07, 6.45) is 0. The van der Waals surface area contributed by atoms with Crippen molar-refractivity contribution < 1.29 is 9.47 Å². The van der Waals surface area contributed by atoms with Gasteiger partial charge >= 0.3 is 0 Å². The first-order chi connectivity index (χ1) is 15.4. The molecule has 5 rings (SSSR count). The molecule has 1 aliphatic rings. The van der Waals surface area contributed by atoms with E-state index in [4.69, 9.17) is 9.47 Å². The Morgan fingerprint density at radius 2 is 0.839 bits per heavy atom. The first-order valence-electron chi connectivity index (χ1n) is 10.8. The molecule has 0 amide bonds. The molecular formula is C29H26O2. The number of rotatable bonds is 8. The van der Waals surface area contributed by atoms with Gasteiger partial charge in [-0.3, -0.25) is 0 Å². The first kappa shape index (κ1) is 19.7. The summed E-state index contributed by atoms with van der Waals surface area (Å²) in [6.45, 7) is 2.33. The van der Waals surface area contributed by atoms with E-state index in [2.05, 4.69) is 97.1 Å². The fourth-order valence-corrected chi connectivity index (χ4v) is 4.60. The molecule has 0 aliphatic heterocycles. The van der Waals surface area contributed by atoms with Crippen molar-refractivity contribution in [1.29, 1.82) is 0 Å². The van der Waals surface area contributed by atoms with Crippen LogP contribution in [0.4, 0.5) is 0 Å². The minimum absolute atomic E-state index is 0.323. The second-order valence-corrected chi connectivity index (χ2v) is 8.13. The van der Waals surface area contributed by atoms with Gasteiger partial charge in [0.2, 0.25) is 0 Å². The van der Waals surface area contributed by atoms with Gasteiger partial charge in [0.05, 0.1) is 31.8 Å². The summed E-state index contributed by atoms with van der Waals surface area (Å²) in [7, 11) is 0. The Morgan fingerprint density at radius 1 is 0.452 bits per heavy atom. The van der Waals surface area contributed by atoms with Gasteiger partial charge in [0.25, 0.3) is 0 Å². The largest absolute Gasteiger partial charge is 0.375 e. The maximum absolute atomic E-state index is 6.34. The number of benzene rings is 4. The molecule has 31 heavy (non-hydrogen) atoms. The maximum Gasteiger partial charge on any atom is 0.0717 e. The third-order valence-corrected chi connectivity index (χ3v) is 6.10. The van der Waals surface area contributed by atoms with Crippen LogP contribution in [-0.2, 0) is 28.1 Å². The standard InChI is InChI=1S/C29H26O2/c1-3-11-23(12-4-1)19-30-21-29(22-31-20-24-13-5-2-6-14-24)27-17-9-7-15-25(27)26-16-8-10-18-28(26)29/h1-18H,19-22H2. The molecule has 0 atom stereocenters. The predicted molar refractivity (Wildman–Crippen MR) is 125 cm³/mol. The lowest BCUT2D eigenvalue weighted by atomic mass is 9.79. The number of hydrogen-bond donors (Lipinski definition) is 0. The zero-order valence-electron chi connectivity index (χ0n) is 17.5. The molecule has 0 bridgehead atoms. The Labute approximate surface area is 184 Å². The molecule has 2 nitrogen and oxygen atoms in total. The lowest BCUT2D eigenvalue weighted by Crippen LogP contribution is -2.36. The van der Waals surface area contributed by atoms with Crippen molar-refractivity contribution in [2.45, 2.75) is 18.6 Å². The molecule has 154 valence electrons. The van der Waals surface area contributed by atoms with Gasteiger partial charge in [-0.2, -0.15) is 0 Å². The molecule has 0 unspecified atom stereocenters. The molecule has 1 aliphatic carbocycles. The molecule has 4 aromatic rings. The summed E-state index contributed by atoms with van der Waals surface area (Å²) >= 11 is 0. The van der Waals surface area contributed by atoms with E-state index in [9.17, 15) is 0 Å². The highest BCUT2D eigenvalue weighted by Gasteiger charge is 2.43. The summed E-state index contributed by atoms with van der Waals surface area (Å²) in [6, 6.07) is 38.1. The van der Waals surface area contributed by atoms with Crippen LogP contribution in [0.3, 0.4) is 0 Å². The molecule has 0 saturated carbocycles. The van der Waals surface area contributed by atoms with Crippen LogP contribution in [0.25, 0.3) is 11.1 Å². The van der Waals surface area contributed by atoms with E-state index in [0.717, 1.165) is 0 Å². The maximum atomic E-state index is 6.34. The first-order valence-corrected chi connectivity index (χ1v) is 10.8. The second-order valence-electron chi connectivity index (χ2n) is 8.13. The van der Waals surface area contributed by atoms with Crippen molar-refractivity contribution in [1.82, 2.24) is 0 Å². The molecule has 4 aromatic carbocycles. The van der Waals surface area contributed by atoms with Crippen LogP contribution in [0.2, 0.25) is 0 Å². The minimum atomic E-state index is -0.323. The molecule has 0 N–H and O–H groups in total. The summed E-state index contributed by atoms with van der Waals surface area (Å²) in [4.78, 5) is 0. The normalized spacial score (nSPS) is 13.5. The van der Waals surface area contributed by atoms with Gasteiger partial charge in [-0.15, -0.1) is 0 Å². The van der Waals surface area contributed by atoms with Gasteiger partial charge in [0.15, 0.2) is 0 Å². The van der Waals surface area contributed by atoms with Crippen molar-refractivity contribution in [2.24, 2.45) is 0 Å². The molecule has 0 aromatic heterocycles. The van der Waals surface area contributed by atoms with Crippen LogP contribution in [0, 0.1) is 0 Å². The number of hydrogen-bond acceptors (Lipinski definition) is 2.